The molecular formula is C28H28ClN3O5. The van der Waals surface area contributed by atoms with E-state index in [1.54, 1.807) is 59.5 Å². The molecule has 1 fully saturated rings. The molecule has 3 aromatic carbocycles. The maximum atomic E-state index is 13.1. The minimum Gasteiger partial charge on any atom is -0.508 e. The van der Waals surface area contributed by atoms with Gasteiger partial charge in [-0.15, -0.1) is 0 Å². The molecule has 3 aromatic rings. The van der Waals surface area contributed by atoms with Crippen molar-refractivity contribution in [2.75, 3.05) is 18.4 Å². The van der Waals surface area contributed by atoms with Gasteiger partial charge >= 0.3 is 5.97 Å². The van der Waals surface area contributed by atoms with Crippen molar-refractivity contribution in [1.29, 1.82) is 0 Å². The van der Waals surface area contributed by atoms with Gasteiger partial charge in [-0.05, 0) is 73.4 Å². The van der Waals surface area contributed by atoms with Crippen LogP contribution in [0.2, 0.25) is 5.02 Å². The number of rotatable bonds is 7. The van der Waals surface area contributed by atoms with E-state index in [0.717, 1.165) is 5.56 Å². The molecule has 1 aliphatic rings. The Hall–Kier alpha value is -3.88. The molecule has 1 heterocycles. The first-order chi connectivity index (χ1) is 17.8. The minimum atomic E-state index is -0.902. The molecule has 4 rings (SSSR count). The van der Waals surface area contributed by atoms with E-state index >= 15 is 0 Å². The molecule has 192 valence electrons. The number of anilines is 1. The maximum absolute atomic E-state index is 13.1. The van der Waals surface area contributed by atoms with E-state index in [-0.39, 0.29) is 35.7 Å². The van der Waals surface area contributed by atoms with Crippen molar-refractivity contribution in [3.05, 3.63) is 88.9 Å². The van der Waals surface area contributed by atoms with Gasteiger partial charge in [-0.25, -0.2) is 4.79 Å². The number of esters is 1. The van der Waals surface area contributed by atoms with Gasteiger partial charge in [0, 0.05) is 35.3 Å². The third-order valence-electron chi connectivity index (χ3n) is 6.24. The van der Waals surface area contributed by atoms with Crippen molar-refractivity contribution in [2.24, 2.45) is 11.7 Å². The summed E-state index contributed by atoms with van der Waals surface area (Å²) in [6, 6.07) is 18.9. The number of hydrogen-bond acceptors (Lipinski definition) is 6. The number of nitrogens with zero attached hydrogens (tertiary/aromatic N) is 1. The van der Waals surface area contributed by atoms with Gasteiger partial charge < -0.3 is 25.8 Å². The quantitative estimate of drug-likeness (QED) is 0.319. The number of aromatic hydroxyl groups is 1. The molecule has 4 N–H and O–H groups in total. The fourth-order valence-corrected chi connectivity index (χ4v) is 4.38. The summed E-state index contributed by atoms with van der Waals surface area (Å²) < 4.78 is 5.42. The van der Waals surface area contributed by atoms with E-state index in [2.05, 4.69) is 5.32 Å². The number of carbonyl (C=O) groups is 3. The van der Waals surface area contributed by atoms with E-state index in [1.165, 1.54) is 18.2 Å². The first-order valence-electron chi connectivity index (χ1n) is 12.0. The normalized spacial score (nSPS) is 14.6. The number of benzene rings is 3. The maximum Gasteiger partial charge on any atom is 0.328 e. The molecule has 0 aliphatic carbocycles. The second-order valence-corrected chi connectivity index (χ2v) is 9.43. The van der Waals surface area contributed by atoms with Gasteiger partial charge in [0.15, 0.2) is 0 Å². The third kappa shape index (κ3) is 7.09. The number of nitrogens with one attached hydrogen (secondary N) is 1. The van der Waals surface area contributed by atoms with Crippen molar-refractivity contribution in [3.8, 4) is 11.5 Å². The van der Waals surface area contributed by atoms with Gasteiger partial charge in [-0.2, -0.15) is 0 Å². The zero-order chi connectivity index (χ0) is 26.4. The zero-order valence-electron chi connectivity index (χ0n) is 20.1. The van der Waals surface area contributed by atoms with E-state index in [1.807, 2.05) is 0 Å². The Morgan fingerprint density at radius 2 is 1.73 bits per heavy atom. The Bertz CT molecular complexity index is 1270. The summed E-state index contributed by atoms with van der Waals surface area (Å²) in [6.07, 6.45) is 1.33. The number of halogens is 1. The molecule has 37 heavy (non-hydrogen) atoms. The van der Waals surface area contributed by atoms with Crippen LogP contribution in [-0.4, -0.2) is 46.9 Å². The van der Waals surface area contributed by atoms with Gasteiger partial charge in [-0.3, -0.25) is 9.59 Å². The summed E-state index contributed by atoms with van der Waals surface area (Å²) in [7, 11) is 0. The largest absolute Gasteiger partial charge is 0.508 e. The van der Waals surface area contributed by atoms with Crippen LogP contribution in [-0.2, 0) is 16.0 Å². The number of piperidine rings is 1. The highest BCUT2D eigenvalue weighted by Crippen LogP contribution is 2.23. The van der Waals surface area contributed by atoms with Crippen molar-refractivity contribution < 1.29 is 24.2 Å². The van der Waals surface area contributed by atoms with Gasteiger partial charge in [-0.1, -0.05) is 35.9 Å². The van der Waals surface area contributed by atoms with E-state index < -0.39 is 12.0 Å². The first kappa shape index (κ1) is 26.2. The predicted octanol–water partition coefficient (Wildman–Crippen LogP) is 4.01. The number of phenols is 1. The topological polar surface area (TPSA) is 122 Å². The highest BCUT2D eigenvalue weighted by Gasteiger charge is 2.28. The molecule has 2 amide bonds. The molecular weight excluding hydrogens is 494 g/mol. The Labute approximate surface area is 220 Å². The monoisotopic (exact) mass is 521 g/mol. The number of nitrogens with two attached hydrogens (primary N) is 1. The van der Waals surface area contributed by atoms with Gasteiger partial charge in [0.05, 0.1) is 0 Å². The molecule has 9 heteroatoms. The fraction of sp³-hybridized carbons (Fsp3) is 0.250. The summed E-state index contributed by atoms with van der Waals surface area (Å²) >= 11 is 5.98. The van der Waals surface area contributed by atoms with E-state index in [0.29, 0.717) is 42.2 Å². The number of likely N-dealkylation sites (tertiary alicyclic amines) is 1. The van der Waals surface area contributed by atoms with Crippen LogP contribution in [0.1, 0.15) is 28.8 Å². The summed E-state index contributed by atoms with van der Waals surface area (Å²) in [4.78, 5) is 39.9. The van der Waals surface area contributed by atoms with Crippen molar-refractivity contribution >= 4 is 35.1 Å². The van der Waals surface area contributed by atoms with Crippen LogP contribution < -0.4 is 15.8 Å². The lowest BCUT2D eigenvalue weighted by atomic mass is 9.95. The van der Waals surface area contributed by atoms with Crippen LogP contribution in [0.25, 0.3) is 0 Å². The molecule has 0 saturated carbocycles. The van der Waals surface area contributed by atoms with E-state index in [4.69, 9.17) is 22.1 Å². The molecule has 0 radical (unpaired) electrons. The third-order valence-corrected chi connectivity index (χ3v) is 6.47. The summed E-state index contributed by atoms with van der Waals surface area (Å²) in [5.41, 5.74) is 7.81. The molecule has 0 unspecified atom stereocenters. The summed E-state index contributed by atoms with van der Waals surface area (Å²) in [5.74, 6) is -0.749. The van der Waals surface area contributed by atoms with Crippen molar-refractivity contribution in [3.63, 3.8) is 0 Å². The SMILES string of the molecule is N[C@H](Cc1ccc(O)cc1)C(=O)Oc1cccc(C(=O)N2CCC(C(=O)Nc3cccc(Cl)c3)CC2)c1. The average Bonchev–Trinajstić information content (AvgIpc) is 2.90. The highest BCUT2D eigenvalue weighted by atomic mass is 35.5. The molecule has 1 aliphatic heterocycles. The molecule has 1 saturated heterocycles. The van der Waals surface area contributed by atoms with Gasteiger partial charge in [0.2, 0.25) is 5.91 Å². The van der Waals surface area contributed by atoms with Gasteiger partial charge in [0.1, 0.15) is 17.5 Å². The Morgan fingerprint density at radius 3 is 2.43 bits per heavy atom. The fourth-order valence-electron chi connectivity index (χ4n) is 4.19. The smallest absolute Gasteiger partial charge is 0.328 e. The van der Waals surface area contributed by atoms with Crippen LogP contribution in [0.15, 0.2) is 72.8 Å². The lowest BCUT2D eigenvalue weighted by Crippen LogP contribution is -2.41. The molecule has 8 nitrogen and oxygen atoms in total. The minimum absolute atomic E-state index is 0.0908. The lowest BCUT2D eigenvalue weighted by Gasteiger charge is -2.31. The number of phenolic OH excluding ortho intramolecular Hbond substituents is 1. The van der Waals surface area contributed by atoms with Gasteiger partial charge in [0.25, 0.3) is 5.91 Å². The van der Waals surface area contributed by atoms with Crippen LogP contribution >= 0.6 is 11.6 Å². The molecule has 1 atom stereocenters. The summed E-state index contributed by atoms with van der Waals surface area (Å²) in [5, 5.41) is 12.8. The van der Waals surface area contributed by atoms with Crippen LogP contribution in [0.5, 0.6) is 11.5 Å². The number of carbonyl (C=O) groups excluding carboxylic acids is 3. The van der Waals surface area contributed by atoms with Crippen LogP contribution in [0.4, 0.5) is 5.69 Å². The number of amides is 2. The second-order valence-electron chi connectivity index (χ2n) is 8.99. The predicted molar refractivity (Wildman–Crippen MR) is 141 cm³/mol. The van der Waals surface area contributed by atoms with Crippen molar-refractivity contribution in [1.82, 2.24) is 4.90 Å². The molecule has 0 spiro atoms. The summed E-state index contributed by atoms with van der Waals surface area (Å²) in [6.45, 7) is 0.877. The standard InChI is InChI=1S/C28H28ClN3O5/c29-21-4-2-5-22(17-21)31-26(34)19-11-13-32(14-12-19)27(35)20-3-1-6-24(16-20)37-28(36)25(30)15-18-7-9-23(33)10-8-18/h1-10,16-17,19,25,33H,11-15,30H2,(H,31,34)/t25-/m1/s1. The van der Waals surface area contributed by atoms with Crippen LogP contribution in [0, 0.1) is 5.92 Å². The average molecular weight is 522 g/mol. The Balaban J connectivity index is 1.30. The lowest BCUT2D eigenvalue weighted by molar-refractivity contribution is -0.135. The zero-order valence-corrected chi connectivity index (χ0v) is 20.9. The number of hydrogen-bond donors (Lipinski definition) is 3. The van der Waals surface area contributed by atoms with E-state index in [9.17, 15) is 19.5 Å². The first-order valence-corrected chi connectivity index (χ1v) is 12.4. The second kappa shape index (κ2) is 11.9. The Morgan fingerprint density at radius 1 is 1.03 bits per heavy atom. The Kier molecular flexibility index (Phi) is 8.43. The molecule has 0 aromatic heterocycles. The molecule has 0 bridgehead atoms. The number of ether oxygens (including phenoxy) is 1. The van der Waals surface area contributed by atoms with Crippen molar-refractivity contribution in [2.45, 2.75) is 25.3 Å². The van der Waals surface area contributed by atoms with Crippen LogP contribution in [0.3, 0.4) is 0 Å². The highest BCUT2D eigenvalue weighted by molar-refractivity contribution is 6.30.